The maximum Gasteiger partial charge on any atom is 0.278 e. The molecule has 0 spiro atoms. The van der Waals surface area contributed by atoms with E-state index >= 15 is 0 Å². The fourth-order valence-electron chi connectivity index (χ4n) is 3.03. The van der Waals surface area contributed by atoms with Gasteiger partial charge in [-0.3, -0.25) is 19.6 Å². The lowest BCUT2D eigenvalue weighted by Crippen LogP contribution is -2.45. The molecule has 1 amide bonds. The summed E-state index contributed by atoms with van der Waals surface area (Å²) >= 11 is 3.49. The van der Waals surface area contributed by atoms with Crippen molar-refractivity contribution in [3.8, 4) is 0 Å². The molecule has 0 bridgehead atoms. The minimum atomic E-state index is -0.0801. The van der Waals surface area contributed by atoms with Crippen molar-refractivity contribution in [3.05, 3.63) is 52.8 Å². The third kappa shape index (κ3) is 3.35. The van der Waals surface area contributed by atoms with Gasteiger partial charge in [0, 0.05) is 29.3 Å². The Morgan fingerprint density at radius 2 is 2.08 bits per heavy atom. The standard InChI is InChI=1S/C18H17BrN4O2/c19-13-3-4-16-15(10-13)17(21-14-2-1-5-20-11-14)18(24)23(16)12-22-6-8-25-9-7-22/h1-5,10-11H,6-9,12H2. The lowest BCUT2D eigenvalue weighted by atomic mass is 10.1. The first-order valence-corrected chi connectivity index (χ1v) is 8.92. The third-order valence-electron chi connectivity index (χ3n) is 4.28. The van der Waals surface area contributed by atoms with Crippen molar-refractivity contribution in [3.63, 3.8) is 0 Å². The van der Waals surface area contributed by atoms with Gasteiger partial charge in [-0.05, 0) is 30.3 Å². The number of nitrogens with zero attached hydrogens (tertiary/aromatic N) is 4. The summed E-state index contributed by atoms with van der Waals surface area (Å²) in [7, 11) is 0. The molecular weight excluding hydrogens is 384 g/mol. The number of pyridine rings is 1. The zero-order chi connectivity index (χ0) is 17.2. The number of ether oxygens (including phenoxy) is 1. The number of anilines is 1. The van der Waals surface area contributed by atoms with E-state index < -0.39 is 0 Å². The predicted octanol–water partition coefficient (Wildman–Crippen LogP) is 2.60. The van der Waals surface area contributed by atoms with Crippen LogP contribution in [0.3, 0.4) is 0 Å². The molecule has 6 nitrogen and oxygen atoms in total. The summed E-state index contributed by atoms with van der Waals surface area (Å²) in [4.78, 5) is 25.7. The zero-order valence-electron chi connectivity index (χ0n) is 13.6. The molecular formula is C18H17BrN4O2. The highest BCUT2D eigenvalue weighted by Crippen LogP contribution is 2.33. The van der Waals surface area contributed by atoms with E-state index in [0.717, 1.165) is 28.8 Å². The second-order valence-corrected chi connectivity index (χ2v) is 6.85. The van der Waals surface area contributed by atoms with Crippen molar-refractivity contribution in [2.75, 3.05) is 37.9 Å². The monoisotopic (exact) mass is 400 g/mol. The molecule has 4 rings (SSSR count). The molecule has 1 fully saturated rings. The summed E-state index contributed by atoms with van der Waals surface area (Å²) in [5, 5.41) is 0. The number of benzene rings is 1. The number of morpholine rings is 1. The van der Waals surface area contributed by atoms with Crippen molar-refractivity contribution < 1.29 is 9.53 Å². The van der Waals surface area contributed by atoms with Crippen LogP contribution in [0.5, 0.6) is 0 Å². The summed E-state index contributed by atoms with van der Waals surface area (Å²) < 4.78 is 6.32. The van der Waals surface area contributed by atoms with E-state index in [0.29, 0.717) is 31.3 Å². The molecule has 7 heteroatoms. The van der Waals surface area contributed by atoms with Crippen LogP contribution in [0, 0.1) is 0 Å². The lowest BCUT2D eigenvalue weighted by Gasteiger charge is -2.30. The molecule has 0 N–H and O–H groups in total. The Balaban J connectivity index is 1.71. The average molecular weight is 401 g/mol. The highest BCUT2D eigenvalue weighted by atomic mass is 79.9. The normalized spacial score (nSPS) is 19.5. The molecule has 2 aliphatic heterocycles. The first-order chi connectivity index (χ1) is 12.2. The van der Waals surface area contributed by atoms with Crippen molar-refractivity contribution in [2.45, 2.75) is 0 Å². The Bertz CT molecular complexity index is 819. The molecule has 128 valence electrons. The third-order valence-corrected chi connectivity index (χ3v) is 4.78. The van der Waals surface area contributed by atoms with Crippen molar-refractivity contribution in [1.82, 2.24) is 9.88 Å². The number of rotatable bonds is 3. The fraction of sp³-hybridized carbons (Fsp3) is 0.278. The van der Waals surface area contributed by atoms with Gasteiger partial charge in [0.05, 0.1) is 37.5 Å². The maximum atomic E-state index is 13.1. The van der Waals surface area contributed by atoms with Crippen LogP contribution in [-0.4, -0.2) is 54.5 Å². The summed E-state index contributed by atoms with van der Waals surface area (Å²) in [6.07, 6.45) is 3.35. The van der Waals surface area contributed by atoms with Gasteiger partial charge in [-0.1, -0.05) is 15.9 Å². The van der Waals surface area contributed by atoms with Gasteiger partial charge in [-0.2, -0.15) is 0 Å². The van der Waals surface area contributed by atoms with E-state index in [9.17, 15) is 4.79 Å². The molecule has 2 aromatic rings. The molecule has 0 atom stereocenters. The second kappa shape index (κ2) is 7.03. The molecule has 1 aromatic carbocycles. The number of aromatic nitrogens is 1. The number of hydrogen-bond donors (Lipinski definition) is 0. The highest BCUT2D eigenvalue weighted by Gasteiger charge is 2.35. The molecule has 0 unspecified atom stereocenters. The average Bonchev–Trinajstić information content (AvgIpc) is 2.89. The van der Waals surface area contributed by atoms with Crippen LogP contribution < -0.4 is 4.90 Å². The Hall–Kier alpha value is -2.09. The summed E-state index contributed by atoms with van der Waals surface area (Å²) in [6.45, 7) is 3.59. The van der Waals surface area contributed by atoms with Gasteiger partial charge in [0.2, 0.25) is 0 Å². The van der Waals surface area contributed by atoms with E-state index in [1.165, 1.54) is 0 Å². The number of amides is 1. The zero-order valence-corrected chi connectivity index (χ0v) is 15.1. The van der Waals surface area contributed by atoms with Crippen molar-refractivity contribution >= 4 is 38.9 Å². The first-order valence-electron chi connectivity index (χ1n) is 8.13. The Labute approximate surface area is 154 Å². The van der Waals surface area contributed by atoms with Gasteiger partial charge in [0.25, 0.3) is 5.91 Å². The molecule has 0 saturated carbocycles. The quantitative estimate of drug-likeness (QED) is 0.794. The minimum Gasteiger partial charge on any atom is -0.379 e. The van der Waals surface area contributed by atoms with Crippen molar-refractivity contribution in [2.24, 2.45) is 4.99 Å². The second-order valence-electron chi connectivity index (χ2n) is 5.94. The Kier molecular flexibility index (Phi) is 4.61. The maximum absolute atomic E-state index is 13.1. The number of carbonyl (C=O) groups excluding carboxylic acids is 1. The minimum absolute atomic E-state index is 0.0801. The molecule has 25 heavy (non-hydrogen) atoms. The van der Waals surface area contributed by atoms with Gasteiger partial charge in [0.15, 0.2) is 0 Å². The van der Waals surface area contributed by atoms with E-state index in [1.807, 2.05) is 30.3 Å². The fourth-order valence-corrected chi connectivity index (χ4v) is 3.39. The number of carbonyl (C=O) groups is 1. The van der Waals surface area contributed by atoms with Crippen LogP contribution in [0.1, 0.15) is 5.56 Å². The molecule has 3 heterocycles. The molecule has 1 aromatic heterocycles. The van der Waals surface area contributed by atoms with Gasteiger partial charge < -0.3 is 4.74 Å². The van der Waals surface area contributed by atoms with Crippen LogP contribution in [0.15, 0.2) is 52.2 Å². The predicted molar refractivity (Wildman–Crippen MR) is 99.3 cm³/mol. The van der Waals surface area contributed by atoms with E-state index in [1.54, 1.807) is 17.3 Å². The number of halogens is 1. The Morgan fingerprint density at radius 3 is 2.84 bits per heavy atom. The number of aliphatic imine (C=N–C) groups is 1. The van der Waals surface area contributed by atoms with Crippen molar-refractivity contribution in [1.29, 1.82) is 0 Å². The van der Waals surface area contributed by atoms with E-state index in [-0.39, 0.29) is 5.91 Å². The molecule has 0 aliphatic carbocycles. The van der Waals surface area contributed by atoms with Crippen LogP contribution >= 0.6 is 15.9 Å². The number of hydrogen-bond acceptors (Lipinski definition) is 5. The lowest BCUT2D eigenvalue weighted by molar-refractivity contribution is -0.112. The molecule has 1 saturated heterocycles. The summed E-state index contributed by atoms with van der Waals surface area (Å²) in [5.41, 5.74) is 2.86. The molecule has 0 radical (unpaired) electrons. The van der Waals surface area contributed by atoms with Gasteiger partial charge in [-0.15, -0.1) is 0 Å². The summed E-state index contributed by atoms with van der Waals surface area (Å²) in [5.74, 6) is -0.0801. The SMILES string of the molecule is O=C1C(=Nc2cccnc2)c2cc(Br)ccc2N1CN1CCOCC1. The number of fused-ring (bicyclic) bond motifs is 1. The van der Waals surface area contributed by atoms with E-state index in [4.69, 9.17) is 4.74 Å². The van der Waals surface area contributed by atoms with Gasteiger partial charge >= 0.3 is 0 Å². The van der Waals surface area contributed by atoms with Crippen LogP contribution in [0.25, 0.3) is 0 Å². The Morgan fingerprint density at radius 1 is 1.24 bits per heavy atom. The topological polar surface area (TPSA) is 58.0 Å². The first kappa shape index (κ1) is 16.4. The smallest absolute Gasteiger partial charge is 0.278 e. The summed E-state index contributed by atoms with van der Waals surface area (Å²) in [6, 6.07) is 9.51. The van der Waals surface area contributed by atoms with Crippen LogP contribution in [0.4, 0.5) is 11.4 Å². The van der Waals surface area contributed by atoms with E-state index in [2.05, 4.69) is 30.8 Å². The van der Waals surface area contributed by atoms with Gasteiger partial charge in [0.1, 0.15) is 5.71 Å². The van der Waals surface area contributed by atoms with Crippen LogP contribution in [0.2, 0.25) is 0 Å². The highest BCUT2D eigenvalue weighted by molar-refractivity contribution is 9.10. The largest absolute Gasteiger partial charge is 0.379 e. The van der Waals surface area contributed by atoms with Gasteiger partial charge in [-0.25, -0.2) is 4.99 Å². The molecule has 2 aliphatic rings. The van der Waals surface area contributed by atoms with Crippen LogP contribution in [-0.2, 0) is 9.53 Å².